The van der Waals surface area contributed by atoms with E-state index in [0.717, 1.165) is 33.5 Å². The van der Waals surface area contributed by atoms with Gasteiger partial charge in [0.05, 0.1) is 23.5 Å². The van der Waals surface area contributed by atoms with E-state index in [0.29, 0.717) is 18.7 Å². The van der Waals surface area contributed by atoms with E-state index >= 15 is 0 Å². The molecule has 0 saturated carbocycles. The molecule has 7 heteroatoms. The molecule has 0 aliphatic rings. The molecule has 1 N–H and O–H groups in total. The number of benzene rings is 2. The summed E-state index contributed by atoms with van der Waals surface area (Å²) in [5, 5.41) is 13.1. The van der Waals surface area contributed by atoms with Crippen molar-refractivity contribution >= 4 is 16.9 Å². The molecular formula is C26H24N6O. The summed E-state index contributed by atoms with van der Waals surface area (Å²) in [5.74, 6) is -0.178. The minimum absolute atomic E-state index is 0.178. The van der Waals surface area contributed by atoms with Crippen LogP contribution >= 0.6 is 0 Å². The first-order valence-electron chi connectivity index (χ1n) is 10.8. The number of hydrogen-bond donors (Lipinski definition) is 1. The maximum atomic E-state index is 12.9. The molecule has 5 aromatic rings. The Balaban J connectivity index is 1.40. The van der Waals surface area contributed by atoms with Gasteiger partial charge in [-0.2, -0.15) is 10.2 Å². The van der Waals surface area contributed by atoms with Crippen LogP contribution in [0.25, 0.3) is 22.3 Å². The van der Waals surface area contributed by atoms with Gasteiger partial charge in [-0.25, -0.2) is 4.98 Å². The first-order valence-corrected chi connectivity index (χ1v) is 10.8. The second-order valence-electron chi connectivity index (χ2n) is 8.04. The van der Waals surface area contributed by atoms with E-state index in [-0.39, 0.29) is 5.91 Å². The van der Waals surface area contributed by atoms with Gasteiger partial charge in [0, 0.05) is 42.5 Å². The van der Waals surface area contributed by atoms with Crippen molar-refractivity contribution in [1.29, 1.82) is 0 Å². The normalized spacial score (nSPS) is 11.1. The third-order valence-electron chi connectivity index (χ3n) is 5.64. The summed E-state index contributed by atoms with van der Waals surface area (Å²) in [5.41, 5.74) is 6.13. The zero-order valence-electron chi connectivity index (χ0n) is 18.6. The van der Waals surface area contributed by atoms with Crippen LogP contribution < -0.4 is 5.32 Å². The number of nitrogens with zero attached hydrogens (tertiary/aromatic N) is 5. The van der Waals surface area contributed by atoms with Crippen molar-refractivity contribution in [2.45, 2.75) is 20.0 Å². The maximum absolute atomic E-state index is 12.9. The predicted molar refractivity (Wildman–Crippen MR) is 128 cm³/mol. The Hall–Kier alpha value is -4.26. The van der Waals surface area contributed by atoms with Gasteiger partial charge in [0.2, 0.25) is 0 Å². The molecule has 3 heterocycles. The SMILES string of the molecule is Cc1nn(C)c2ncc(C(=O)NCc3cn(Cc4ccccc4)nc3-c3ccccc3)cc12. The van der Waals surface area contributed by atoms with E-state index in [1.165, 1.54) is 5.56 Å². The van der Waals surface area contributed by atoms with Gasteiger partial charge >= 0.3 is 0 Å². The number of hydrogen-bond acceptors (Lipinski definition) is 4. The Bertz CT molecular complexity index is 1420. The van der Waals surface area contributed by atoms with Crippen molar-refractivity contribution < 1.29 is 4.79 Å². The molecule has 164 valence electrons. The summed E-state index contributed by atoms with van der Waals surface area (Å²) < 4.78 is 3.64. The average molecular weight is 437 g/mol. The smallest absolute Gasteiger partial charge is 0.253 e. The van der Waals surface area contributed by atoms with Crippen LogP contribution in [-0.2, 0) is 20.1 Å². The van der Waals surface area contributed by atoms with E-state index in [2.05, 4.69) is 27.5 Å². The number of carbonyl (C=O) groups is 1. The summed E-state index contributed by atoms with van der Waals surface area (Å²) in [7, 11) is 1.85. The molecule has 0 fully saturated rings. The number of aromatic nitrogens is 5. The molecule has 0 unspecified atom stereocenters. The van der Waals surface area contributed by atoms with Gasteiger partial charge in [-0.3, -0.25) is 14.2 Å². The van der Waals surface area contributed by atoms with Crippen molar-refractivity contribution in [2.24, 2.45) is 7.05 Å². The first kappa shape index (κ1) is 20.6. The number of pyridine rings is 1. The van der Waals surface area contributed by atoms with Crippen LogP contribution in [0, 0.1) is 6.92 Å². The number of nitrogens with one attached hydrogen (secondary N) is 1. The van der Waals surface area contributed by atoms with E-state index in [4.69, 9.17) is 5.10 Å². The van der Waals surface area contributed by atoms with Gasteiger partial charge in [0.1, 0.15) is 0 Å². The van der Waals surface area contributed by atoms with Crippen molar-refractivity contribution in [3.63, 3.8) is 0 Å². The number of rotatable bonds is 6. The molecule has 0 atom stereocenters. The highest BCUT2D eigenvalue weighted by atomic mass is 16.1. The molecule has 1 amide bonds. The molecule has 0 spiro atoms. The number of carbonyl (C=O) groups excluding carboxylic acids is 1. The van der Waals surface area contributed by atoms with Crippen LogP contribution in [-0.4, -0.2) is 30.5 Å². The van der Waals surface area contributed by atoms with Crippen molar-refractivity contribution in [3.8, 4) is 11.3 Å². The quantitative estimate of drug-likeness (QED) is 0.434. The van der Waals surface area contributed by atoms with Crippen LogP contribution in [0.4, 0.5) is 0 Å². The molecule has 5 rings (SSSR count). The highest BCUT2D eigenvalue weighted by molar-refractivity contribution is 5.97. The molecule has 33 heavy (non-hydrogen) atoms. The van der Waals surface area contributed by atoms with Gasteiger partial charge in [-0.15, -0.1) is 0 Å². The zero-order valence-corrected chi connectivity index (χ0v) is 18.6. The molecule has 0 aliphatic heterocycles. The third kappa shape index (κ3) is 4.25. The summed E-state index contributed by atoms with van der Waals surface area (Å²) in [6, 6.07) is 22.1. The molecular weight excluding hydrogens is 412 g/mol. The fourth-order valence-corrected chi connectivity index (χ4v) is 3.99. The van der Waals surface area contributed by atoms with Gasteiger partial charge < -0.3 is 5.32 Å². The Morgan fingerprint density at radius 1 is 1.00 bits per heavy atom. The Morgan fingerprint density at radius 2 is 1.73 bits per heavy atom. The lowest BCUT2D eigenvalue weighted by molar-refractivity contribution is 0.0951. The van der Waals surface area contributed by atoms with Gasteiger partial charge in [-0.05, 0) is 18.6 Å². The summed E-state index contributed by atoms with van der Waals surface area (Å²) >= 11 is 0. The second-order valence-corrected chi connectivity index (χ2v) is 8.04. The standard InChI is InChI=1S/C26H24N6O/c1-18-23-13-21(14-27-25(23)31(2)29-18)26(33)28-15-22-17-32(16-19-9-5-3-6-10-19)30-24(22)20-11-7-4-8-12-20/h3-14,17H,15-16H2,1-2H3,(H,28,33). The lowest BCUT2D eigenvalue weighted by Gasteiger charge is -2.06. The maximum Gasteiger partial charge on any atom is 0.253 e. The van der Waals surface area contributed by atoms with E-state index in [1.807, 2.05) is 79.4 Å². The first-order chi connectivity index (χ1) is 16.1. The fourth-order valence-electron chi connectivity index (χ4n) is 3.99. The van der Waals surface area contributed by atoms with Crippen molar-refractivity contribution in [3.05, 3.63) is 102 Å². The van der Waals surface area contributed by atoms with Crippen molar-refractivity contribution in [2.75, 3.05) is 0 Å². The van der Waals surface area contributed by atoms with Crippen LogP contribution in [0.15, 0.2) is 79.1 Å². The Labute approximate surface area is 191 Å². The van der Waals surface area contributed by atoms with Gasteiger partial charge in [0.25, 0.3) is 5.91 Å². The summed E-state index contributed by atoms with van der Waals surface area (Å²) in [4.78, 5) is 17.3. The highest BCUT2D eigenvalue weighted by Crippen LogP contribution is 2.23. The lowest BCUT2D eigenvalue weighted by Crippen LogP contribution is -2.23. The molecule has 0 aliphatic carbocycles. The number of amides is 1. The van der Waals surface area contributed by atoms with Crippen molar-refractivity contribution in [1.82, 2.24) is 29.9 Å². The van der Waals surface area contributed by atoms with Gasteiger partial charge in [-0.1, -0.05) is 60.7 Å². The zero-order chi connectivity index (χ0) is 22.8. The molecule has 2 aromatic carbocycles. The molecule has 7 nitrogen and oxygen atoms in total. The van der Waals surface area contributed by atoms with E-state index in [9.17, 15) is 4.79 Å². The molecule has 0 saturated heterocycles. The Morgan fingerprint density at radius 3 is 2.48 bits per heavy atom. The van der Waals surface area contributed by atoms with Crippen LogP contribution in [0.5, 0.6) is 0 Å². The van der Waals surface area contributed by atoms with Crippen LogP contribution in [0.3, 0.4) is 0 Å². The fraction of sp³-hybridized carbons (Fsp3) is 0.154. The monoisotopic (exact) mass is 436 g/mol. The van der Waals surface area contributed by atoms with Crippen LogP contribution in [0.1, 0.15) is 27.2 Å². The summed E-state index contributed by atoms with van der Waals surface area (Å²) in [6.07, 6.45) is 3.60. The highest BCUT2D eigenvalue weighted by Gasteiger charge is 2.15. The molecule has 3 aromatic heterocycles. The Kier molecular flexibility index (Phi) is 5.44. The average Bonchev–Trinajstić information content (AvgIpc) is 3.38. The number of fused-ring (bicyclic) bond motifs is 1. The minimum Gasteiger partial charge on any atom is -0.348 e. The summed E-state index contributed by atoms with van der Waals surface area (Å²) in [6.45, 7) is 2.94. The molecule has 0 bridgehead atoms. The lowest BCUT2D eigenvalue weighted by atomic mass is 10.1. The van der Waals surface area contributed by atoms with E-state index < -0.39 is 0 Å². The van der Waals surface area contributed by atoms with Crippen LogP contribution in [0.2, 0.25) is 0 Å². The topological polar surface area (TPSA) is 77.6 Å². The number of aryl methyl sites for hydroxylation is 2. The second kappa shape index (κ2) is 8.70. The third-order valence-corrected chi connectivity index (χ3v) is 5.64. The van der Waals surface area contributed by atoms with Gasteiger partial charge in [0.15, 0.2) is 5.65 Å². The van der Waals surface area contributed by atoms with E-state index in [1.54, 1.807) is 10.9 Å². The largest absolute Gasteiger partial charge is 0.348 e. The predicted octanol–water partition coefficient (Wildman–Crippen LogP) is 4.12. The minimum atomic E-state index is -0.178. The molecule has 0 radical (unpaired) electrons.